The topological polar surface area (TPSA) is 98.9 Å². The van der Waals surface area contributed by atoms with Crippen molar-refractivity contribution in [2.24, 2.45) is 0 Å². The first-order valence-electron chi connectivity index (χ1n) is 9.33. The van der Waals surface area contributed by atoms with Crippen LogP contribution in [0.5, 0.6) is 5.75 Å². The molecule has 3 heterocycles. The van der Waals surface area contributed by atoms with E-state index in [1.54, 1.807) is 25.1 Å². The summed E-state index contributed by atoms with van der Waals surface area (Å²) < 4.78 is 43.7. The van der Waals surface area contributed by atoms with E-state index in [0.717, 1.165) is 6.42 Å². The number of fused-ring (bicyclic) bond motifs is 1. The van der Waals surface area contributed by atoms with E-state index in [-0.39, 0.29) is 23.5 Å². The summed E-state index contributed by atoms with van der Waals surface area (Å²) in [7, 11) is -3.73. The molecule has 0 bridgehead atoms. The Morgan fingerprint density at radius 1 is 1.36 bits per heavy atom. The van der Waals surface area contributed by atoms with Crippen molar-refractivity contribution in [1.29, 1.82) is 0 Å². The van der Waals surface area contributed by atoms with Gasteiger partial charge in [-0.1, -0.05) is 12.1 Å². The summed E-state index contributed by atoms with van der Waals surface area (Å²) >= 11 is 0. The molecule has 9 heteroatoms. The Bertz CT molecular complexity index is 972. The van der Waals surface area contributed by atoms with Crippen molar-refractivity contribution in [1.82, 2.24) is 9.46 Å². The predicted molar refractivity (Wildman–Crippen MR) is 98.3 cm³/mol. The third-order valence-electron chi connectivity index (χ3n) is 5.31. The number of carbonyl (C=O) groups is 1. The molecule has 2 aliphatic heterocycles. The number of esters is 1. The molecule has 0 spiro atoms. The van der Waals surface area contributed by atoms with Gasteiger partial charge in [0.25, 0.3) is 0 Å². The first kappa shape index (κ1) is 18.9. The molecule has 8 nitrogen and oxygen atoms in total. The lowest BCUT2D eigenvalue weighted by Gasteiger charge is -2.22. The number of benzene rings is 1. The molecule has 1 aromatic carbocycles. The van der Waals surface area contributed by atoms with Gasteiger partial charge in [0.1, 0.15) is 17.7 Å². The predicted octanol–water partition coefficient (Wildman–Crippen LogP) is 2.63. The van der Waals surface area contributed by atoms with Crippen LogP contribution in [0, 0.1) is 0 Å². The molecule has 28 heavy (non-hydrogen) atoms. The van der Waals surface area contributed by atoms with Crippen molar-refractivity contribution >= 4 is 16.0 Å². The Balaban J connectivity index is 1.63. The van der Waals surface area contributed by atoms with Crippen molar-refractivity contribution < 1.29 is 27.2 Å². The minimum atomic E-state index is -3.73. The molecule has 3 atom stereocenters. The van der Waals surface area contributed by atoms with E-state index in [9.17, 15) is 13.2 Å². The van der Waals surface area contributed by atoms with Gasteiger partial charge in [0.05, 0.1) is 17.5 Å². The highest BCUT2D eigenvalue weighted by Crippen LogP contribution is 2.42. The Kier molecular flexibility index (Phi) is 4.88. The smallest absolute Gasteiger partial charge is 0.347 e. The van der Waals surface area contributed by atoms with Crippen LogP contribution in [0.2, 0.25) is 0 Å². The molecule has 1 saturated heterocycles. The molecule has 0 N–H and O–H groups in total. The summed E-state index contributed by atoms with van der Waals surface area (Å²) in [4.78, 5) is 12.3. The van der Waals surface area contributed by atoms with Gasteiger partial charge in [0, 0.05) is 24.1 Å². The van der Waals surface area contributed by atoms with Crippen LogP contribution in [0.25, 0.3) is 0 Å². The molecule has 0 amide bonds. The molecular weight excluding hydrogens is 384 g/mol. The van der Waals surface area contributed by atoms with Crippen LogP contribution >= 0.6 is 0 Å². The maximum Gasteiger partial charge on any atom is 0.347 e. The number of sulfonamides is 1. The Hall–Kier alpha value is -2.39. The molecule has 2 aromatic rings. The number of rotatable bonds is 5. The number of ether oxygens (including phenoxy) is 2. The van der Waals surface area contributed by atoms with Gasteiger partial charge in [-0.05, 0) is 38.0 Å². The van der Waals surface area contributed by atoms with Gasteiger partial charge in [-0.15, -0.1) is 0 Å². The number of aromatic nitrogens is 1. The summed E-state index contributed by atoms with van der Waals surface area (Å²) in [6, 6.07) is 6.09. The third-order valence-corrected chi connectivity index (χ3v) is 7.21. The normalized spacial score (nSPS) is 24.7. The second kappa shape index (κ2) is 7.21. The van der Waals surface area contributed by atoms with Gasteiger partial charge in [-0.25, -0.2) is 13.2 Å². The van der Waals surface area contributed by atoms with Crippen LogP contribution in [0.15, 0.2) is 39.9 Å². The fourth-order valence-corrected chi connectivity index (χ4v) is 5.59. The van der Waals surface area contributed by atoms with Crippen molar-refractivity contribution in [2.45, 2.75) is 49.6 Å². The maximum absolute atomic E-state index is 13.3. The molecule has 3 unspecified atom stereocenters. The summed E-state index contributed by atoms with van der Waals surface area (Å²) in [5, 5.41) is 3.92. The highest BCUT2D eigenvalue weighted by molar-refractivity contribution is 7.89. The van der Waals surface area contributed by atoms with E-state index in [0.29, 0.717) is 30.0 Å². The standard InChI is InChI=1S/C19H22N2O6S/c1-3-25-19(22)18-12(2)14-11-13(6-7-17(14)27-18)28(23,24)21-9-4-5-16(21)15-8-10-26-20-15/h6-8,10-12,16,18H,3-5,9H2,1-2H3. The molecule has 0 aliphatic carbocycles. The fourth-order valence-electron chi connectivity index (χ4n) is 3.88. The van der Waals surface area contributed by atoms with E-state index in [1.165, 1.54) is 16.6 Å². The van der Waals surface area contributed by atoms with Gasteiger partial charge in [-0.3, -0.25) is 0 Å². The average molecular weight is 406 g/mol. The third kappa shape index (κ3) is 3.08. The largest absolute Gasteiger partial charge is 0.478 e. The first-order chi connectivity index (χ1) is 13.4. The average Bonchev–Trinajstić information content (AvgIpc) is 3.41. The Labute approximate surface area is 163 Å². The van der Waals surface area contributed by atoms with E-state index in [4.69, 9.17) is 14.0 Å². The van der Waals surface area contributed by atoms with Crippen LogP contribution in [-0.4, -0.2) is 43.1 Å². The van der Waals surface area contributed by atoms with E-state index >= 15 is 0 Å². The number of hydrogen-bond acceptors (Lipinski definition) is 7. The second-order valence-corrected chi connectivity index (χ2v) is 8.87. The summed E-state index contributed by atoms with van der Waals surface area (Å²) in [6.07, 6.45) is 2.14. The molecule has 0 saturated carbocycles. The highest BCUT2D eigenvalue weighted by Gasteiger charge is 2.41. The highest BCUT2D eigenvalue weighted by atomic mass is 32.2. The molecule has 150 valence electrons. The van der Waals surface area contributed by atoms with Crippen LogP contribution in [0.3, 0.4) is 0 Å². The first-order valence-corrected chi connectivity index (χ1v) is 10.8. The lowest BCUT2D eigenvalue weighted by molar-refractivity contribution is -0.151. The monoisotopic (exact) mass is 406 g/mol. The second-order valence-electron chi connectivity index (χ2n) is 6.98. The summed E-state index contributed by atoms with van der Waals surface area (Å²) in [5.74, 6) is -0.227. The van der Waals surface area contributed by atoms with Crippen molar-refractivity contribution in [3.05, 3.63) is 41.8 Å². The van der Waals surface area contributed by atoms with Crippen molar-refractivity contribution in [3.8, 4) is 5.75 Å². The molecular formula is C19H22N2O6S. The molecule has 4 rings (SSSR count). The molecule has 0 radical (unpaired) electrons. The summed E-state index contributed by atoms with van der Waals surface area (Å²) in [6.45, 7) is 4.25. The zero-order valence-electron chi connectivity index (χ0n) is 15.7. The maximum atomic E-state index is 13.3. The van der Waals surface area contributed by atoms with Crippen LogP contribution in [0.1, 0.15) is 49.9 Å². The lowest BCUT2D eigenvalue weighted by atomic mass is 9.98. The van der Waals surface area contributed by atoms with Crippen LogP contribution in [-0.2, 0) is 19.6 Å². The van der Waals surface area contributed by atoms with Gasteiger partial charge in [0.2, 0.25) is 16.1 Å². The minimum absolute atomic E-state index is 0.182. The van der Waals surface area contributed by atoms with E-state index in [2.05, 4.69) is 5.16 Å². The van der Waals surface area contributed by atoms with E-state index < -0.39 is 22.1 Å². The summed E-state index contributed by atoms with van der Waals surface area (Å²) in [5.41, 5.74) is 1.30. The van der Waals surface area contributed by atoms with Gasteiger partial charge in [0.15, 0.2) is 0 Å². The lowest BCUT2D eigenvalue weighted by Crippen LogP contribution is -2.31. The quantitative estimate of drug-likeness (QED) is 0.704. The van der Waals surface area contributed by atoms with Gasteiger partial charge < -0.3 is 14.0 Å². The van der Waals surface area contributed by atoms with Gasteiger partial charge >= 0.3 is 5.97 Å². The van der Waals surface area contributed by atoms with Crippen LogP contribution in [0.4, 0.5) is 0 Å². The SMILES string of the molecule is CCOC(=O)C1Oc2ccc(S(=O)(=O)N3CCCC3c3ccon3)cc2C1C. The van der Waals surface area contributed by atoms with Crippen LogP contribution < -0.4 is 4.74 Å². The molecule has 2 aliphatic rings. The number of hydrogen-bond donors (Lipinski definition) is 0. The van der Waals surface area contributed by atoms with Gasteiger partial charge in [-0.2, -0.15) is 4.31 Å². The molecule has 1 aromatic heterocycles. The molecule has 1 fully saturated rings. The van der Waals surface area contributed by atoms with E-state index in [1.807, 2.05) is 6.92 Å². The zero-order chi connectivity index (χ0) is 19.9. The fraction of sp³-hybridized carbons (Fsp3) is 0.474. The minimum Gasteiger partial charge on any atom is -0.478 e. The Morgan fingerprint density at radius 3 is 2.89 bits per heavy atom. The zero-order valence-corrected chi connectivity index (χ0v) is 16.5. The Morgan fingerprint density at radius 2 is 2.18 bits per heavy atom. The van der Waals surface area contributed by atoms with Crippen molar-refractivity contribution in [3.63, 3.8) is 0 Å². The number of carbonyl (C=O) groups excluding carboxylic acids is 1. The van der Waals surface area contributed by atoms with Crippen molar-refractivity contribution in [2.75, 3.05) is 13.2 Å². The number of nitrogens with zero attached hydrogens (tertiary/aromatic N) is 2.